The summed E-state index contributed by atoms with van der Waals surface area (Å²) in [5.41, 5.74) is 4.10. The van der Waals surface area contributed by atoms with Gasteiger partial charge in [0.05, 0.1) is 15.7 Å². The van der Waals surface area contributed by atoms with Gasteiger partial charge in [0.1, 0.15) is 24.1 Å². The van der Waals surface area contributed by atoms with Crippen molar-refractivity contribution in [2.75, 3.05) is 11.9 Å². The van der Waals surface area contributed by atoms with Crippen molar-refractivity contribution in [1.29, 1.82) is 0 Å². The van der Waals surface area contributed by atoms with Crippen LogP contribution in [0.4, 0.5) is 5.69 Å². The number of hydrogen-bond acceptors (Lipinski definition) is 5. The van der Waals surface area contributed by atoms with Crippen molar-refractivity contribution in [3.63, 3.8) is 0 Å². The average molecular weight is 513 g/mol. The van der Waals surface area contributed by atoms with Crippen LogP contribution < -0.4 is 19.7 Å². The van der Waals surface area contributed by atoms with E-state index in [9.17, 15) is 14.7 Å². The smallest absolute Gasteiger partial charge is 0.321 e. The van der Waals surface area contributed by atoms with Gasteiger partial charge >= 0.3 is 5.97 Å². The van der Waals surface area contributed by atoms with Crippen LogP contribution in [0.1, 0.15) is 28.4 Å². The Kier molecular flexibility index (Phi) is 6.32. The largest absolute Gasteiger partial charge is 0.489 e. The van der Waals surface area contributed by atoms with Gasteiger partial charge in [-0.15, -0.1) is 0 Å². The first-order valence-corrected chi connectivity index (χ1v) is 11.8. The predicted molar refractivity (Wildman–Crippen MR) is 132 cm³/mol. The van der Waals surface area contributed by atoms with Gasteiger partial charge in [0.25, 0.3) is 5.91 Å². The number of fused-ring (bicyclic) bond motifs is 2. The van der Waals surface area contributed by atoms with E-state index in [1.165, 1.54) is 0 Å². The minimum Gasteiger partial charge on any atom is -0.489 e. The fourth-order valence-electron chi connectivity index (χ4n) is 4.28. The molecule has 2 atom stereocenters. The molecule has 2 heterocycles. The van der Waals surface area contributed by atoms with Crippen molar-refractivity contribution in [2.45, 2.75) is 31.7 Å². The highest BCUT2D eigenvalue weighted by atomic mass is 35.5. The molecule has 2 aliphatic rings. The molecular formula is C26H22Cl2N2O5. The van der Waals surface area contributed by atoms with Crippen molar-refractivity contribution in [2.24, 2.45) is 0 Å². The minimum absolute atomic E-state index is 0.203. The van der Waals surface area contributed by atoms with E-state index in [2.05, 4.69) is 5.32 Å². The van der Waals surface area contributed by atoms with E-state index < -0.39 is 18.1 Å². The van der Waals surface area contributed by atoms with E-state index in [4.69, 9.17) is 32.7 Å². The molecule has 1 amide bonds. The van der Waals surface area contributed by atoms with Gasteiger partial charge in [-0.2, -0.15) is 0 Å². The molecule has 0 saturated heterocycles. The Morgan fingerprint density at radius 1 is 1.11 bits per heavy atom. The summed E-state index contributed by atoms with van der Waals surface area (Å²) in [5.74, 6) is 0.139. The number of halogens is 2. The molecule has 9 heteroatoms. The molecule has 0 radical (unpaired) electrons. The van der Waals surface area contributed by atoms with Crippen LogP contribution in [-0.4, -0.2) is 30.1 Å². The zero-order chi connectivity index (χ0) is 24.7. The molecule has 0 aromatic heterocycles. The number of nitrogens with one attached hydrogen (secondary N) is 1. The molecule has 0 spiro atoms. The van der Waals surface area contributed by atoms with Crippen molar-refractivity contribution >= 4 is 40.8 Å². The lowest BCUT2D eigenvalue weighted by Gasteiger charge is -2.34. The number of carbonyl (C=O) groups excluding carboxylic acids is 1. The Morgan fingerprint density at radius 2 is 1.89 bits per heavy atom. The SMILES string of the molecule is CN1C(=O)C(c2ccc(OCc3ccc(Cl)c(Cl)c3)cc2)Oc2cc3c(cc21)CC(C(=O)O)NC3. The molecule has 2 N–H and O–H groups in total. The summed E-state index contributed by atoms with van der Waals surface area (Å²) >= 11 is 12.0. The van der Waals surface area contributed by atoms with E-state index in [-0.39, 0.29) is 5.91 Å². The molecule has 35 heavy (non-hydrogen) atoms. The van der Waals surface area contributed by atoms with Crippen molar-refractivity contribution < 1.29 is 24.2 Å². The van der Waals surface area contributed by atoms with E-state index in [0.29, 0.717) is 52.4 Å². The van der Waals surface area contributed by atoms with Crippen LogP contribution in [0, 0.1) is 0 Å². The minimum atomic E-state index is -0.890. The first kappa shape index (κ1) is 23.5. The number of carbonyl (C=O) groups is 2. The summed E-state index contributed by atoms with van der Waals surface area (Å²) in [6.45, 7) is 0.753. The molecule has 0 saturated carbocycles. The molecule has 0 bridgehead atoms. The summed E-state index contributed by atoms with van der Waals surface area (Å²) < 4.78 is 12.0. The molecule has 2 unspecified atom stereocenters. The highest BCUT2D eigenvalue weighted by Gasteiger charge is 2.35. The monoisotopic (exact) mass is 512 g/mol. The second-order valence-electron chi connectivity index (χ2n) is 8.57. The Labute approximate surface area is 212 Å². The molecular weight excluding hydrogens is 491 g/mol. The number of benzene rings is 3. The molecule has 5 rings (SSSR count). The van der Waals surface area contributed by atoms with Crippen LogP contribution in [0.25, 0.3) is 0 Å². The lowest BCUT2D eigenvalue weighted by molar-refractivity contribution is -0.139. The van der Waals surface area contributed by atoms with Gasteiger partial charge in [-0.3, -0.25) is 9.59 Å². The van der Waals surface area contributed by atoms with Crippen LogP contribution in [0.2, 0.25) is 10.0 Å². The summed E-state index contributed by atoms with van der Waals surface area (Å²) in [5, 5.41) is 13.3. The third-order valence-electron chi connectivity index (χ3n) is 6.28. The zero-order valence-corrected chi connectivity index (χ0v) is 20.3. The van der Waals surface area contributed by atoms with Gasteiger partial charge in [-0.1, -0.05) is 41.4 Å². The van der Waals surface area contributed by atoms with Crippen LogP contribution in [0.5, 0.6) is 11.5 Å². The lowest BCUT2D eigenvalue weighted by Crippen LogP contribution is -2.42. The summed E-state index contributed by atoms with van der Waals surface area (Å²) in [4.78, 5) is 26.1. The zero-order valence-electron chi connectivity index (χ0n) is 18.8. The topological polar surface area (TPSA) is 88.1 Å². The molecule has 0 fully saturated rings. The number of ether oxygens (including phenoxy) is 2. The number of amides is 1. The maximum Gasteiger partial charge on any atom is 0.321 e. The molecule has 0 aliphatic carbocycles. The number of rotatable bonds is 5. The molecule has 3 aromatic rings. The first-order chi connectivity index (χ1) is 16.8. The average Bonchev–Trinajstić information content (AvgIpc) is 2.86. The Balaban J connectivity index is 1.32. The Hall–Kier alpha value is -3.26. The van der Waals surface area contributed by atoms with E-state index in [0.717, 1.165) is 16.7 Å². The van der Waals surface area contributed by atoms with Crippen LogP contribution in [0.15, 0.2) is 54.6 Å². The number of carboxylic acids is 1. The fourth-order valence-corrected chi connectivity index (χ4v) is 4.60. The Bertz CT molecular complexity index is 1310. The third-order valence-corrected chi connectivity index (χ3v) is 7.01. The standard InChI is InChI=1S/C26H22Cl2N2O5/c1-30-22-10-16-9-21(26(32)33)29-12-17(16)11-23(22)35-24(25(30)31)15-3-5-18(6-4-15)34-13-14-2-7-19(27)20(28)8-14/h2-8,10-11,21,24,29H,9,12-13H2,1H3,(H,32,33). The number of likely N-dealkylation sites (N-methyl/N-ethyl adjacent to an activating group) is 1. The highest BCUT2D eigenvalue weighted by Crippen LogP contribution is 2.41. The van der Waals surface area contributed by atoms with Crippen molar-refractivity contribution in [1.82, 2.24) is 5.32 Å². The quantitative estimate of drug-likeness (QED) is 0.511. The third kappa shape index (κ3) is 4.67. The Morgan fingerprint density at radius 3 is 2.60 bits per heavy atom. The number of anilines is 1. The molecule has 180 valence electrons. The van der Waals surface area contributed by atoms with E-state index >= 15 is 0 Å². The van der Waals surface area contributed by atoms with Crippen LogP contribution in [-0.2, 0) is 29.2 Å². The normalized spacial score (nSPS) is 18.9. The number of hydrogen-bond donors (Lipinski definition) is 2. The summed E-state index contributed by atoms with van der Waals surface area (Å²) in [6, 6.07) is 15.6. The fraction of sp³-hybridized carbons (Fsp3) is 0.231. The molecule has 2 aliphatic heterocycles. The maximum atomic E-state index is 13.1. The number of nitrogens with zero attached hydrogens (tertiary/aromatic N) is 1. The number of aliphatic carboxylic acids is 1. The van der Waals surface area contributed by atoms with E-state index in [1.54, 1.807) is 36.2 Å². The first-order valence-electron chi connectivity index (χ1n) is 11.0. The van der Waals surface area contributed by atoms with Gasteiger partial charge in [0.2, 0.25) is 6.10 Å². The van der Waals surface area contributed by atoms with Crippen molar-refractivity contribution in [3.8, 4) is 11.5 Å². The van der Waals surface area contributed by atoms with Crippen LogP contribution in [0.3, 0.4) is 0 Å². The van der Waals surface area contributed by atoms with Gasteiger partial charge in [-0.25, -0.2) is 0 Å². The molecule has 3 aromatic carbocycles. The maximum absolute atomic E-state index is 13.1. The van der Waals surface area contributed by atoms with Gasteiger partial charge in [-0.05, 0) is 59.5 Å². The van der Waals surface area contributed by atoms with Crippen molar-refractivity contribution in [3.05, 3.63) is 86.9 Å². The second-order valence-corrected chi connectivity index (χ2v) is 9.38. The summed E-state index contributed by atoms with van der Waals surface area (Å²) in [7, 11) is 1.70. The second kappa shape index (κ2) is 9.41. The highest BCUT2D eigenvalue weighted by molar-refractivity contribution is 6.42. The van der Waals surface area contributed by atoms with Gasteiger partial charge < -0.3 is 24.8 Å². The lowest BCUT2D eigenvalue weighted by atomic mass is 9.93. The van der Waals surface area contributed by atoms with Gasteiger partial charge in [0, 0.05) is 19.2 Å². The summed E-state index contributed by atoms with van der Waals surface area (Å²) in [6.07, 6.45) is -0.439. The van der Waals surface area contributed by atoms with Crippen LogP contribution >= 0.6 is 23.2 Å². The number of carboxylic acid groups (broad SMARTS) is 1. The van der Waals surface area contributed by atoms with E-state index in [1.807, 2.05) is 30.3 Å². The van der Waals surface area contributed by atoms with Gasteiger partial charge in [0.15, 0.2) is 0 Å². The predicted octanol–water partition coefficient (Wildman–Crippen LogP) is 4.77. The molecule has 7 nitrogen and oxygen atoms in total.